The lowest BCUT2D eigenvalue weighted by atomic mass is 9.98. The van der Waals surface area contributed by atoms with Crippen LogP contribution in [-0.4, -0.2) is 19.5 Å². The monoisotopic (exact) mass is 246 g/mol. The summed E-state index contributed by atoms with van der Waals surface area (Å²) >= 11 is 11.6. The van der Waals surface area contributed by atoms with Crippen LogP contribution in [-0.2, 0) is 4.79 Å². The van der Waals surface area contributed by atoms with Gasteiger partial charge in [0.25, 0.3) is 0 Å². The Hall–Kier alpha value is -0.770. The van der Waals surface area contributed by atoms with E-state index < -0.39 is 0 Å². The van der Waals surface area contributed by atoms with E-state index in [4.69, 9.17) is 28.9 Å². The summed E-state index contributed by atoms with van der Waals surface area (Å²) in [4.78, 5) is 11.5. The predicted molar refractivity (Wildman–Crippen MR) is 62.3 cm³/mol. The van der Waals surface area contributed by atoms with E-state index in [-0.39, 0.29) is 18.4 Å². The lowest BCUT2D eigenvalue weighted by Crippen LogP contribution is -2.30. The molecule has 0 heterocycles. The van der Waals surface area contributed by atoms with E-state index in [0.717, 1.165) is 5.56 Å². The molecule has 1 amide bonds. The molecule has 0 aliphatic heterocycles. The van der Waals surface area contributed by atoms with Crippen LogP contribution in [0.2, 0.25) is 10.0 Å². The summed E-state index contributed by atoms with van der Waals surface area (Å²) in [5, 5.41) is 3.45. The maximum absolute atomic E-state index is 11.5. The van der Waals surface area contributed by atoms with Crippen molar-refractivity contribution in [2.75, 3.05) is 13.6 Å². The van der Waals surface area contributed by atoms with Gasteiger partial charge in [0, 0.05) is 13.6 Å². The molecule has 1 unspecified atom stereocenters. The van der Waals surface area contributed by atoms with E-state index in [1.54, 1.807) is 25.2 Å². The van der Waals surface area contributed by atoms with Crippen LogP contribution in [0.4, 0.5) is 0 Å². The van der Waals surface area contributed by atoms with Crippen LogP contribution in [0, 0.1) is 0 Å². The number of carbonyl (C=O) groups excluding carboxylic acids is 1. The van der Waals surface area contributed by atoms with Gasteiger partial charge in [-0.05, 0) is 17.7 Å². The number of hydrogen-bond acceptors (Lipinski definition) is 2. The second kappa shape index (κ2) is 5.35. The van der Waals surface area contributed by atoms with Crippen molar-refractivity contribution >= 4 is 29.1 Å². The number of nitrogens with one attached hydrogen (secondary N) is 1. The van der Waals surface area contributed by atoms with Crippen molar-refractivity contribution in [2.45, 2.75) is 5.92 Å². The third-order valence-electron chi connectivity index (χ3n) is 2.14. The van der Waals surface area contributed by atoms with Gasteiger partial charge in [-0.25, -0.2) is 0 Å². The van der Waals surface area contributed by atoms with Crippen LogP contribution in [0.25, 0.3) is 0 Å². The molecule has 0 aromatic heterocycles. The van der Waals surface area contributed by atoms with Gasteiger partial charge < -0.3 is 11.1 Å². The lowest BCUT2D eigenvalue weighted by Gasteiger charge is -2.13. The van der Waals surface area contributed by atoms with E-state index in [0.29, 0.717) is 10.0 Å². The molecule has 82 valence electrons. The summed E-state index contributed by atoms with van der Waals surface area (Å²) < 4.78 is 0. The van der Waals surface area contributed by atoms with E-state index in [2.05, 4.69) is 5.32 Å². The Balaban J connectivity index is 3.02. The Morgan fingerprint density at radius 2 is 2.13 bits per heavy atom. The summed E-state index contributed by atoms with van der Waals surface area (Å²) in [6.07, 6.45) is 0. The van der Waals surface area contributed by atoms with E-state index in [1.165, 1.54) is 0 Å². The normalized spacial score (nSPS) is 12.3. The molecule has 1 atom stereocenters. The molecule has 3 N–H and O–H groups in total. The van der Waals surface area contributed by atoms with Crippen molar-refractivity contribution in [3.05, 3.63) is 33.8 Å². The molecule has 0 radical (unpaired) electrons. The largest absolute Gasteiger partial charge is 0.359 e. The molecular formula is C10H12Cl2N2O. The highest BCUT2D eigenvalue weighted by Crippen LogP contribution is 2.26. The van der Waals surface area contributed by atoms with Gasteiger partial charge >= 0.3 is 0 Å². The Labute approximate surface area is 98.5 Å². The molecular weight excluding hydrogens is 235 g/mol. The van der Waals surface area contributed by atoms with Gasteiger partial charge in [0.1, 0.15) is 0 Å². The Morgan fingerprint density at radius 3 is 2.60 bits per heavy atom. The van der Waals surface area contributed by atoms with Crippen molar-refractivity contribution in [1.82, 2.24) is 5.32 Å². The zero-order chi connectivity index (χ0) is 11.4. The average Bonchev–Trinajstić information content (AvgIpc) is 2.24. The molecule has 0 saturated carbocycles. The highest BCUT2D eigenvalue weighted by Gasteiger charge is 2.18. The van der Waals surface area contributed by atoms with Crippen molar-refractivity contribution in [2.24, 2.45) is 5.73 Å². The number of benzene rings is 1. The fourth-order valence-electron chi connectivity index (χ4n) is 1.30. The first-order chi connectivity index (χ1) is 7.10. The summed E-state index contributed by atoms with van der Waals surface area (Å²) in [5.74, 6) is -0.513. The van der Waals surface area contributed by atoms with Crippen LogP contribution >= 0.6 is 23.2 Å². The molecule has 1 rings (SSSR count). The van der Waals surface area contributed by atoms with Crippen LogP contribution in [0.3, 0.4) is 0 Å². The molecule has 0 bridgehead atoms. The highest BCUT2D eigenvalue weighted by molar-refractivity contribution is 6.42. The SMILES string of the molecule is CNC(=O)C(CN)c1ccc(Cl)c(Cl)c1. The third-order valence-corrected chi connectivity index (χ3v) is 2.88. The molecule has 5 heteroatoms. The lowest BCUT2D eigenvalue weighted by molar-refractivity contribution is -0.121. The van der Waals surface area contributed by atoms with Crippen LogP contribution in [0.15, 0.2) is 18.2 Å². The molecule has 1 aromatic carbocycles. The molecule has 3 nitrogen and oxygen atoms in total. The van der Waals surface area contributed by atoms with Crippen LogP contribution in [0.1, 0.15) is 11.5 Å². The highest BCUT2D eigenvalue weighted by atomic mass is 35.5. The molecule has 1 aromatic rings. The van der Waals surface area contributed by atoms with Gasteiger partial charge in [-0.15, -0.1) is 0 Å². The summed E-state index contributed by atoms with van der Waals surface area (Å²) in [6.45, 7) is 0.234. The number of likely N-dealkylation sites (N-methyl/N-ethyl adjacent to an activating group) is 1. The fourth-order valence-corrected chi connectivity index (χ4v) is 1.60. The quantitative estimate of drug-likeness (QED) is 0.855. The first-order valence-electron chi connectivity index (χ1n) is 4.46. The summed E-state index contributed by atoms with van der Waals surface area (Å²) in [7, 11) is 1.57. The Bertz CT molecular complexity index is 368. The standard InChI is InChI=1S/C10H12Cl2N2O/c1-14-10(15)7(5-13)6-2-3-8(11)9(12)4-6/h2-4,7H,5,13H2,1H3,(H,14,15). The van der Waals surface area contributed by atoms with Gasteiger partial charge in [-0.2, -0.15) is 0 Å². The second-order valence-corrected chi connectivity index (χ2v) is 3.89. The minimum Gasteiger partial charge on any atom is -0.359 e. The Kier molecular flexibility index (Phi) is 4.39. The van der Waals surface area contributed by atoms with Gasteiger partial charge in [-0.1, -0.05) is 29.3 Å². The van der Waals surface area contributed by atoms with Gasteiger partial charge in [-0.3, -0.25) is 4.79 Å². The smallest absolute Gasteiger partial charge is 0.228 e. The minimum absolute atomic E-state index is 0.129. The zero-order valence-corrected chi connectivity index (χ0v) is 9.77. The first kappa shape index (κ1) is 12.3. The van der Waals surface area contributed by atoms with E-state index in [9.17, 15) is 4.79 Å². The minimum atomic E-state index is -0.384. The van der Waals surface area contributed by atoms with Crippen molar-refractivity contribution in [1.29, 1.82) is 0 Å². The first-order valence-corrected chi connectivity index (χ1v) is 5.22. The molecule has 0 fully saturated rings. The maximum atomic E-state index is 11.5. The van der Waals surface area contributed by atoms with Crippen molar-refractivity contribution < 1.29 is 4.79 Å². The molecule has 0 spiro atoms. The number of nitrogens with two attached hydrogens (primary N) is 1. The zero-order valence-electron chi connectivity index (χ0n) is 8.26. The number of carbonyl (C=O) groups is 1. The topological polar surface area (TPSA) is 55.1 Å². The molecule has 0 saturated heterocycles. The number of halogens is 2. The van der Waals surface area contributed by atoms with Crippen molar-refractivity contribution in [3.8, 4) is 0 Å². The number of amides is 1. The van der Waals surface area contributed by atoms with E-state index in [1.807, 2.05) is 0 Å². The Morgan fingerprint density at radius 1 is 1.47 bits per heavy atom. The summed E-state index contributed by atoms with van der Waals surface area (Å²) in [6, 6.07) is 5.07. The van der Waals surface area contributed by atoms with Gasteiger partial charge in [0.2, 0.25) is 5.91 Å². The molecule has 0 aliphatic rings. The van der Waals surface area contributed by atoms with Gasteiger partial charge in [0.15, 0.2) is 0 Å². The number of rotatable bonds is 3. The molecule has 15 heavy (non-hydrogen) atoms. The second-order valence-electron chi connectivity index (χ2n) is 3.08. The van der Waals surface area contributed by atoms with Crippen LogP contribution in [0.5, 0.6) is 0 Å². The average molecular weight is 247 g/mol. The van der Waals surface area contributed by atoms with Crippen molar-refractivity contribution in [3.63, 3.8) is 0 Å². The maximum Gasteiger partial charge on any atom is 0.228 e. The fraction of sp³-hybridized carbons (Fsp3) is 0.300. The summed E-state index contributed by atoms with van der Waals surface area (Å²) in [5.41, 5.74) is 6.30. The predicted octanol–water partition coefficient (Wildman–Crippen LogP) is 1.78. The van der Waals surface area contributed by atoms with E-state index >= 15 is 0 Å². The number of hydrogen-bond donors (Lipinski definition) is 2. The molecule has 0 aliphatic carbocycles. The van der Waals surface area contributed by atoms with Crippen LogP contribution < -0.4 is 11.1 Å². The van der Waals surface area contributed by atoms with Gasteiger partial charge in [0.05, 0.1) is 16.0 Å². The third kappa shape index (κ3) is 2.84.